The fourth-order valence-corrected chi connectivity index (χ4v) is 1.83. The first-order valence-electron chi connectivity index (χ1n) is 8.01. The van der Waals surface area contributed by atoms with Gasteiger partial charge in [-0.2, -0.15) is 0 Å². The molecule has 0 saturated carbocycles. The van der Waals surface area contributed by atoms with E-state index in [1.54, 1.807) is 7.11 Å². The molecule has 0 radical (unpaired) electrons. The maximum absolute atomic E-state index is 12.2. The van der Waals surface area contributed by atoms with E-state index >= 15 is 0 Å². The summed E-state index contributed by atoms with van der Waals surface area (Å²) in [5, 5.41) is 0. The molecule has 0 bridgehead atoms. The topological polar surface area (TPSA) is 38.8 Å². The zero-order valence-electron chi connectivity index (χ0n) is 15.1. The highest BCUT2D eigenvalue weighted by Crippen LogP contribution is 2.24. The zero-order valence-corrected chi connectivity index (χ0v) is 15.1. The third kappa shape index (κ3) is 9.86. The van der Waals surface area contributed by atoms with E-state index in [0.29, 0.717) is 6.61 Å². The Morgan fingerprint density at radius 1 is 1.00 bits per heavy atom. The van der Waals surface area contributed by atoms with Crippen LogP contribution in [0.3, 0.4) is 0 Å². The molecule has 21 heavy (non-hydrogen) atoms. The van der Waals surface area contributed by atoms with Crippen molar-refractivity contribution in [2.45, 2.75) is 54.4 Å². The van der Waals surface area contributed by atoms with Gasteiger partial charge in [0.2, 0.25) is 0 Å². The van der Waals surface area contributed by atoms with Gasteiger partial charge in [0.25, 0.3) is 0 Å². The molecule has 0 rings (SSSR count). The Morgan fingerprint density at radius 2 is 1.62 bits per heavy atom. The predicted octanol–water partition coefficient (Wildman–Crippen LogP) is 3.35. The van der Waals surface area contributed by atoms with Crippen LogP contribution in [0.5, 0.6) is 0 Å². The van der Waals surface area contributed by atoms with Crippen LogP contribution in [-0.2, 0) is 14.3 Å². The Morgan fingerprint density at radius 3 is 2.10 bits per heavy atom. The summed E-state index contributed by atoms with van der Waals surface area (Å²) in [6, 6.07) is 0. The van der Waals surface area contributed by atoms with Crippen molar-refractivity contribution in [3.05, 3.63) is 0 Å². The van der Waals surface area contributed by atoms with Crippen molar-refractivity contribution in [3.63, 3.8) is 0 Å². The molecule has 0 spiro atoms. The van der Waals surface area contributed by atoms with Crippen LogP contribution in [0.4, 0.5) is 0 Å². The summed E-state index contributed by atoms with van der Waals surface area (Å²) in [7, 11) is 1.71. The molecule has 0 aliphatic heterocycles. The van der Waals surface area contributed by atoms with Crippen LogP contribution < -0.4 is 0 Å². The molecule has 126 valence electrons. The number of nitrogens with zero attached hydrogens (tertiary/aromatic N) is 1. The number of esters is 1. The Kier molecular flexibility index (Phi) is 9.14. The van der Waals surface area contributed by atoms with E-state index in [0.717, 1.165) is 39.1 Å². The molecule has 0 aromatic carbocycles. The minimum absolute atomic E-state index is 0.0884. The monoisotopic (exact) mass is 301 g/mol. The van der Waals surface area contributed by atoms with Crippen molar-refractivity contribution in [2.75, 3.05) is 40.0 Å². The number of carbonyl (C=O) groups is 1. The lowest BCUT2D eigenvalue weighted by Crippen LogP contribution is -2.35. The largest absolute Gasteiger partial charge is 0.465 e. The Balaban J connectivity index is 4.17. The molecule has 0 aliphatic carbocycles. The van der Waals surface area contributed by atoms with Gasteiger partial charge in [-0.15, -0.1) is 0 Å². The van der Waals surface area contributed by atoms with Crippen molar-refractivity contribution < 1.29 is 14.3 Å². The van der Waals surface area contributed by atoms with E-state index in [4.69, 9.17) is 9.47 Å². The second-order valence-electron chi connectivity index (χ2n) is 7.51. The highest BCUT2D eigenvalue weighted by atomic mass is 16.5. The minimum atomic E-state index is -0.432. The van der Waals surface area contributed by atoms with Gasteiger partial charge in [-0.25, -0.2) is 0 Å². The number of likely N-dealkylation sites (N-methyl/N-ethyl adjacent to an activating group) is 1. The summed E-state index contributed by atoms with van der Waals surface area (Å²) in [5.41, 5.74) is -0.234. The Bertz CT molecular complexity index is 295. The summed E-state index contributed by atoms with van der Waals surface area (Å²) in [6.07, 6.45) is 1.70. The lowest BCUT2D eigenvalue weighted by molar-refractivity contribution is -0.155. The van der Waals surface area contributed by atoms with E-state index in [2.05, 4.69) is 32.6 Å². The van der Waals surface area contributed by atoms with Gasteiger partial charge in [0, 0.05) is 13.7 Å². The van der Waals surface area contributed by atoms with Gasteiger partial charge in [-0.05, 0) is 45.2 Å². The molecular formula is C17H35NO3. The SMILES string of the molecule is CCN(CCOC)CCC(C)(C)C(=O)OCCC(C)(C)C. The number of carbonyl (C=O) groups excluding carboxylic acids is 1. The highest BCUT2D eigenvalue weighted by molar-refractivity contribution is 5.75. The van der Waals surface area contributed by atoms with Crippen LogP contribution in [0.25, 0.3) is 0 Å². The molecule has 0 aliphatic rings. The lowest BCUT2D eigenvalue weighted by atomic mass is 9.89. The Hall–Kier alpha value is -0.610. The minimum Gasteiger partial charge on any atom is -0.465 e. The van der Waals surface area contributed by atoms with Crippen LogP contribution in [0, 0.1) is 10.8 Å². The smallest absolute Gasteiger partial charge is 0.311 e. The van der Waals surface area contributed by atoms with Crippen LogP contribution in [-0.4, -0.2) is 50.8 Å². The van der Waals surface area contributed by atoms with Crippen molar-refractivity contribution in [1.82, 2.24) is 4.90 Å². The summed E-state index contributed by atoms with van der Waals surface area (Å²) in [6.45, 7) is 16.5. The third-order valence-corrected chi connectivity index (χ3v) is 3.75. The molecule has 0 fully saturated rings. The van der Waals surface area contributed by atoms with Gasteiger partial charge in [-0.3, -0.25) is 4.79 Å². The number of rotatable bonds is 10. The Labute approximate surface area is 131 Å². The van der Waals surface area contributed by atoms with Gasteiger partial charge < -0.3 is 14.4 Å². The van der Waals surface area contributed by atoms with E-state index in [1.165, 1.54) is 0 Å². The van der Waals surface area contributed by atoms with Gasteiger partial charge in [0.15, 0.2) is 0 Å². The normalized spacial score (nSPS) is 12.8. The molecule has 0 heterocycles. The first-order chi connectivity index (χ1) is 9.62. The third-order valence-electron chi connectivity index (χ3n) is 3.75. The number of ether oxygens (including phenoxy) is 2. The van der Waals surface area contributed by atoms with Gasteiger partial charge >= 0.3 is 5.97 Å². The van der Waals surface area contributed by atoms with Crippen molar-refractivity contribution in [1.29, 1.82) is 0 Å². The van der Waals surface area contributed by atoms with Gasteiger partial charge in [0.05, 0.1) is 18.6 Å². The molecule has 0 aromatic heterocycles. The molecule has 0 aromatic rings. The second-order valence-corrected chi connectivity index (χ2v) is 7.51. The molecular weight excluding hydrogens is 266 g/mol. The van der Waals surface area contributed by atoms with Crippen molar-refractivity contribution >= 4 is 5.97 Å². The molecule has 0 amide bonds. The maximum Gasteiger partial charge on any atom is 0.311 e. The predicted molar refractivity (Wildman–Crippen MR) is 87.4 cm³/mol. The fraction of sp³-hybridized carbons (Fsp3) is 0.941. The fourth-order valence-electron chi connectivity index (χ4n) is 1.83. The van der Waals surface area contributed by atoms with Crippen LogP contribution in [0.2, 0.25) is 0 Å². The summed E-state index contributed by atoms with van der Waals surface area (Å²) >= 11 is 0. The summed E-state index contributed by atoms with van der Waals surface area (Å²) in [4.78, 5) is 14.5. The number of hydrogen-bond donors (Lipinski definition) is 0. The molecule has 0 atom stereocenters. The average molecular weight is 301 g/mol. The average Bonchev–Trinajstić information content (AvgIpc) is 2.37. The lowest BCUT2D eigenvalue weighted by Gasteiger charge is -2.27. The quantitative estimate of drug-likeness (QED) is 0.580. The maximum atomic E-state index is 12.2. The van der Waals surface area contributed by atoms with E-state index in [1.807, 2.05) is 13.8 Å². The van der Waals surface area contributed by atoms with Gasteiger partial charge in [-0.1, -0.05) is 27.7 Å². The number of hydrogen-bond acceptors (Lipinski definition) is 4. The van der Waals surface area contributed by atoms with Crippen molar-refractivity contribution in [2.24, 2.45) is 10.8 Å². The van der Waals surface area contributed by atoms with E-state index in [-0.39, 0.29) is 11.4 Å². The number of methoxy groups -OCH3 is 1. The van der Waals surface area contributed by atoms with E-state index < -0.39 is 5.41 Å². The zero-order chi connectivity index (χ0) is 16.5. The van der Waals surface area contributed by atoms with Crippen LogP contribution >= 0.6 is 0 Å². The van der Waals surface area contributed by atoms with Gasteiger partial charge in [0.1, 0.15) is 0 Å². The van der Waals surface area contributed by atoms with E-state index in [9.17, 15) is 4.79 Å². The van der Waals surface area contributed by atoms with Crippen LogP contribution in [0.1, 0.15) is 54.4 Å². The molecule has 0 saturated heterocycles. The first-order valence-corrected chi connectivity index (χ1v) is 8.01. The molecule has 0 unspecified atom stereocenters. The standard InChI is InChI=1S/C17H35NO3/c1-8-18(12-14-20-7)11-9-17(5,6)15(19)21-13-10-16(2,3)4/h8-14H2,1-7H3. The van der Waals surface area contributed by atoms with Crippen molar-refractivity contribution in [3.8, 4) is 0 Å². The highest BCUT2D eigenvalue weighted by Gasteiger charge is 2.29. The summed E-state index contributed by atoms with van der Waals surface area (Å²) in [5.74, 6) is -0.0884. The molecule has 4 nitrogen and oxygen atoms in total. The first kappa shape index (κ1) is 20.4. The van der Waals surface area contributed by atoms with Crippen LogP contribution in [0.15, 0.2) is 0 Å². The summed E-state index contributed by atoms with van der Waals surface area (Å²) < 4.78 is 10.6. The molecule has 0 N–H and O–H groups in total. The second kappa shape index (κ2) is 9.42. The molecule has 4 heteroatoms.